The van der Waals surface area contributed by atoms with Gasteiger partial charge in [-0.05, 0) is 51.0 Å². The molecule has 0 unspecified atom stereocenters. The Hall–Kier alpha value is -2.25. The van der Waals surface area contributed by atoms with Gasteiger partial charge in [0.15, 0.2) is 5.11 Å². The van der Waals surface area contributed by atoms with Gasteiger partial charge in [-0.1, -0.05) is 18.2 Å². The van der Waals surface area contributed by atoms with Crippen LogP contribution >= 0.6 is 12.2 Å². The number of carbonyl (C=O) groups excluding carboxylic acids is 1. The lowest BCUT2D eigenvalue weighted by Crippen LogP contribution is -2.37. The molecule has 0 radical (unpaired) electrons. The van der Waals surface area contributed by atoms with Gasteiger partial charge in [0.25, 0.3) is 5.91 Å². The van der Waals surface area contributed by atoms with Crippen LogP contribution in [-0.4, -0.2) is 45.0 Å². The van der Waals surface area contributed by atoms with E-state index < -0.39 is 6.04 Å². The lowest BCUT2D eigenvalue weighted by molar-refractivity contribution is -0.128. The zero-order chi connectivity index (χ0) is 18.3. The summed E-state index contributed by atoms with van der Waals surface area (Å²) < 4.78 is 7.54. The van der Waals surface area contributed by atoms with Crippen LogP contribution in [0, 0.1) is 13.8 Å². The van der Waals surface area contributed by atoms with Gasteiger partial charge in [0, 0.05) is 17.9 Å². The number of aryl methyl sites for hydroxylation is 1. The van der Waals surface area contributed by atoms with Crippen molar-refractivity contribution in [3.05, 3.63) is 47.3 Å². The molecule has 1 aromatic heterocycles. The summed E-state index contributed by atoms with van der Waals surface area (Å²) in [5, 5.41) is 8.31. The van der Waals surface area contributed by atoms with E-state index in [1.54, 1.807) is 4.90 Å². The highest BCUT2D eigenvalue weighted by atomic mass is 32.1. The second-order valence-corrected chi connectivity index (χ2v) is 7.18. The van der Waals surface area contributed by atoms with Crippen molar-refractivity contribution in [1.82, 2.24) is 20.0 Å². The van der Waals surface area contributed by atoms with Crippen LogP contribution in [0.5, 0.6) is 0 Å². The lowest BCUT2D eigenvalue weighted by atomic mass is 10.0. The first-order valence-electron chi connectivity index (χ1n) is 8.91. The molecule has 2 fully saturated rings. The molecule has 2 aromatic rings. The number of nitrogens with zero attached hydrogens (tertiary/aromatic N) is 3. The highest BCUT2D eigenvalue weighted by molar-refractivity contribution is 7.80. The summed E-state index contributed by atoms with van der Waals surface area (Å²) in [6, 6.07) is 9.44. The Morgan fingerprint density at radius 1 is 1.31 bits per heavy atom. The minimum absolute atomic E-state index is 0.0238. The van der Waals surface area contributed by atoms with Crippen molar-refractivity contribution in [2.75, 3.05) is 13.2 Å². The number of hydrogen-bond donors (Lipinski definition) is 1. The maximum atomic E-state index is 13.0. The number of benzene rings is 1. The summed E-state index contributed by atoms with van der Waals surface area (Å²) in [6.07, 6.45) is 2.09. The average Bonchev–Trinajstić information content (AvgIpc) is 3.32. The van der Waals surface area contributed by atoms with Gasteiger partial charge in [0.1, 0.15) is 6.04 Å². The van der Waals surface area contributed by atoms with Crippen molar-refractivity contribution >= 4 is 23.2 Å². The zero-order valence-electron chi connectivity index (χ0n) is 14.9. The molecule has 2 aliphatic heterocycles. The van der Waals surface area contributed by atoms with Gasteiger partial charge in [-0.15, -0.1) is 0 Å². The number of thiocarbonyl (C=S) groups is 1. The molecule has 1 N–H and O–H groups in total. The van der Waals surface area contributed by atoms with E-state index in [-0.39, 0.29) is 12.0 Å². The lowest BCUT2D eigenvalue weighted by Gasteiger charge is -2.19. The minimum atomic E-state index is -0.485. The van der Waals surface area contributed by atoms with E-state index in [0.717, 1.165) is 42.1 Å². The van der Waals surface area contributed by atoms with E-state index in [9.17, 15) is 4.79 Å². The third-order valence-corrected chi connectivity index (χ3v) is 5.41. The van der Waals surface area contributed by atoms with Crippen molar-refractivity contribution in [2.24, 2.45) is 0 Å². The number of amides is 1. The molecule has 0 aliphatic carbocycles. The molecule has 136 valence electrons. The fourth-order valence-corrected chi connectivity index (χ4v) is 4.06. The standard InChI is InChI=1S/C19H22N4O2S/c1-12-16(13(2)23(21-12)14-7-4-3-5-8-14)17-18(24)22(19(26)20-17)11-15-9-6-10-25-15/h3-5,7-8,15,17H,6,9-11H2,1-2H3,(H,20,26)/t15-,17-/m0/s1. The molecule has 6 nitrogen and oxygen atoms in total. The molecule has 2 atom stereocenters. The van der Waals surface area contributed by atoms with E-state index in [0.29, 0.717) is 11.7 Å². The summed E-state index contributed by atoms with van der Waals surface area (Å²) >= 11 is 5.43. The molecular weight excluding hydrogens is 348 g/mol. The van der Waals surface area contributed by atoms with E-state index in [2.05, 4.69) is 10.4 Å². The first-order valence-corrected chi connectivity index (χ1v) is 9.32. The largest absolute Gasteiger partial charge is 0.376 e. The smallest absolute Gasteiger partial charge is 0.256 e. The van der Waals surface area contributed by atoms with E-state index in [1.165, 1.54) is 0 Å². The summed E-state index contributed by atoms with van der Waals surface area (Å²) in [7, 11) is 0. The monoisotopic (exact) mass is 370 g/mol. The van der Waals surface area contributed by atoms with Gasteiger partial charge in [-0.3, -0.25) is 9.69 Å². The van der Waals surface area contributed by atoms with Crippen LogP contribution in [0.25, 0.3) is 5.69 Å². The van der Waals surface area contributed by atoms with E-state index in [4.69, 9.17) is 17.0 Å². The molecule has 26 heavy (non-hydrogen) atoms. The summed E-state index contributed by atoms with van der Waals surface area (Å²) in [6.45, 7) is 5.20. The zero-order valence-corrected chi connectivity index (χ0v) is 15.8. The molecule has 7 heteroatoms. The van der Waals surface area contributed by atoms with E-state index in [1.807, 2.05) is 48.9 Å². The number of carbonyl (C=O) groups is 1. The highest BCUT2D eigenvalue weighted by Crippen LogP contribution is 2.29. The SMILES string of the molecule is Cc1nn(-c2ccccc2)c(C)c1[C@@H]1NC(=S)N(C[C@@H]2CCCO2)C1=O. The molecule has 0 bridgehead atoms. The second kappa shape index (κ2) is 6.81. The molecule has 2 saturated heterocycles. The number of aromatic nitrogens is 2. The topological polar surface area (TPSA) is 59.4 Å². The van der Waals surface area contributed by atoms with Gasteiger partial charge in [0.2, 0.25) is 0 Å². The van der Waals surface area contributed by atoms with Crippen LogP contribution < -0.4 is 5.32 Å². The highest BCUT2D eigenvalue weighted by Gasteiger charge is 2.40. The van der Waals surface area contributed by atoms with Gasteiger partial charge < -0.3 is 10.1 Å². The van der Waals surface area contributed by atoms with Crippen LogP contribution in [-0.2, 0) is 9.53 Å². The second-order valence-electron chi connectivity index (χ2n) is 6.80. The van der Waals surface area contributed by atoms with Crippen LogP contribution in [0.4, 0.5) is 0 Å². The first kappa shape index (κ1) is 17.2. The third kappa shape index (κ3) is 2.91. The Bertz CT molecular complexity index is 843. The van der Waals surface area contributed by atoms with Crippen molar-refractivity contribution in [1.29, 1.82) is 0 Å². The summed E-state index contributed by atoms with van der Waals surface area (Å²) in [5.74, 6) is -0.0238. The Balaban J connectivity index is 1.63. The third-order valence-electron chi connectivity index (χ3n) is 5.07. The molecule has 0 spiro atoms. The van der Waals surface area contributed by atoms with Gasteiger partial charge in [0.05, 0.1) is 24.0 Å². The predicted octanol–water partition coefficient (Wildman–Crippen LogP) is 2.43. The van der Waals surface area contributed by atoms with Crippen molar-refractivity contribution < 1.29 is 9.53 Å². The number of nitrogens with one attached hydrogen (secondary N) is 1. The van der Waals surface area contributed by atoms with Crippen LogP contribution in [0.2, 0.25) is 0 Å². The van der Waals surface area contributed by atoms with Gasteiger partial charge >= 0.3 is 0 Å². The predicted molar refractivity (Wildman–Crippen MR) is 102 cm³/mol. The maximum Gasteiger partial charge on any atom is 0.256 e. The molecule has 4 rings (SSSR count). The van der Waals surface area contributed by atoms with E-state index >= 15 is 0 Å². The molecular formula is C19H22N4O2S. The van der Waals surface area contributed by atoms with Gasteiger partial charge in [-0.25, -0.2) is 4.68 Å². The number of para-hydroxylation sites is 1. The van der Waals surface area contributed by atoms with Gasteiger partial charge in [-0.2, -0.15) is 5.10 Å². The Kier molecular flexibility index (Phi) is 4.50. The minimum Gasteiger partial charge on any atom is -0.376 e. The Labute approximate surface area is 158 Å². The van der Waals surface area contributed by atoms with Crippen LogP contribution in [0.3, 0.4) is 0 Å². The van der Waals surface area contributed by atoms with Crippen LogP contribution in [0.1, 0.15) is 35.8 Å². The van der Waals surface area contributed by atoms with Crippen molar-refractivity contribution in [3.8, 4) is 5.69 Å². The first-order chi connectivity index (χ1) is 12.6. The summed E-state index contributed by atoms with van der Waals surface area (Å²) in [5.41, 5.74) is 3.65. The molecule has 2 aliphatic rings. The molecule has 0 saturated carbocycles. The number of rotatable bonds is 4. The average molecular weight is 370 g/mol. The number of hydrogen-bond acceptors (Lipinski definition) is 4. The molecule has 1 amide bonds. The Morgan fingerprint density at radius 3 is 2.77 bits per heavy atom. The fraction of sp³-hybridized carbons (Fsp3) is 0.421. The summed E-state index contributed by atoms with van der Waals surface area (Å²) in [4.78, 5) is 14.7. The molecule has 3 heterocycles. The van der Waals surface area contributed by atoms with Crippen molar-refractivity contribution in [2.45, 2.75) is 38.8 Å². The quantitative estimate of drug-likeness (QED) is 0.838. The normalized spacial score (nSPS) is 22.9. The van der Waals surface area contributed by atoms with Crippen LogP contribution in [0.15, 0.2) is 30.3 Å². The molecule has 1 aromatic carbocycles. The number of ether oxygens (including phenoxy) is 1. The van der Waals surface area contributed by atoms with Crippen molar-refractivity contribution in [3.63, 3.8) is 0 Å². The Morgan fingerprint density at radius 2 is 2.08 bits per heavy atom. The maximum absolute atomic E-state index is 13.0. The fourth-order valence-electron chi connectivity index (χ4n) is 3.77.